The molecular formula is C15H32N2. The van der Waals surface area contributed by atoms with E-state index in [4.69, 9.17) is 5.73 Å². The van der Waals surface area contributed by atoms with E-state index in [1.807, 2.05) is 0 Å². The second-order valence-electron chi connectivity index (χ2n) is 7.20. The summed E-state index contributed by atoms with van der Waals surface area (Å²) >= 11 is 0. The van der Waals surface area contributed by atoms with E-state index in [1.54, 1.807) is 0 Å². The lowest BCUT2D eigenvalue weighted by Crippen LogP contribution is -2.41. The maximum absolute atomic E-state index is 6.18. The van der Waals surface area contributed by atoms with E-state index in [1.165, 1.54) is 32.4 Å². The quantitative estimate of drug-likeness (QED) is 0.821. The summed E-state index contributed by atoms with van der Waals surface area (Å²) in [4.78, 5) is 2.58. The molecule has 1 unspecified atom stereocenters. The molecule has 0 saturated carbocycles. The number of nitrogens with zero attached hydrogens (tertiary/aromatic N) is 1. The van der Waals surface area contributed by atoms with E-state index in [0.717, 1.165) is 12.5 Å². The van der Waals surface area contributed by atoms with Crippen molar-refractivity contribution in [2.45, 2.75) is 59.9 Å². The summed E-state index contributed by atoms with van der Waals surface area (Å²) in [7, 11) is 0. The molecule has 0 aromatic heterocycles. The van der Waals surface area contributed by atoms with Gasteiger partial charge in [-0.15, -0.1) is 0 Å². The van der Waals surface area contributed by atoms with Gasteiger partial charge in [0, 0.05) is 12.6 Å². The van der Waals surface area contributed by atoms with Crippen LogP contribution in [-0.2, 0) is 0 Å². The highest BCUT2D eigenvalue weighted by atomic mass is 15.1. The maximum Gasteiger partial charge on any atom is 0.0191 e. The zero-order chi connectivity index (χ0) is 13.1. The standard InChI is InChI=1S/C15H32N2/c1-12(2)14(16)11-17-9-6-7-13(8-10-17)15(3,4)5/h12-14H,6-11,16H2,1-5H3/t13?,14-/m0/s1. The van der Waals surface area contributed by atoms with Gasteiger partial charge in [-0.2, -0.15) is 0 Å². The highest BCUT2D eigenvalue weighted by molar-refractivity contribution is 4.80. The van der Waals surface area contributed by atoms with Crippen LogP contribution in [0.25, 0.3) is 0 Å². The minimum atomic E-state index is 0.334. The van der Waals surface area contributed by atoms with Crippen LogP contribution in [0.4, 0.5) is 0 Å². The predicted octanol–water partition coefficient (Wildman–Crippen LogP) is 3.12. The van der Waals surface area contributed by atoms with E-state index < -0.39 is 0 Å². The summed E-state index contributed by atoms with van der Waals surface area (Å²) in [6, 6.07) is 0.334. The molecule has 0 aromatic rings. The first-order valence-corrected chi connectivity index (χ1v) is 7.28. The van der Waals surface area contributed by atoms with E-state index in [9.17, 15) is 0 Å². The summed E-state index contributed by atoms with van der Waals surface area (Å²) in [5.74, 6) is 1.47. The molecule has 0 aliphatic carbocycles. The smallest absolute Gasteiger partial charge is 0.0191 e. The third-order valence-electron chi connectivity index (χ3n) is 4.37. The normalized spacial score (nSPS) is 25.9. The molecule has 1 saturated heterocycles. The molecule has 0 bridgehead atoms. The highest BCUT2D eigenvalue weighted by Gasteiger charge is 2.27. The van der Waals surface area contributed by atoms with Gasteiger partial charge in [0.05, 0.1) is 0 Å². The van der Waals surface area contributed by atoms with Crippen molar-refractivity contribution in [2.75, 3.05) is 19.6 Å². The summed E-state index contributed by atoms with van der Waals surface area (Å²) in [6.07, 6.45) is 4.07. The first-order valence-electron chi connectivity index (χ1n) is 7.28. The Morgan fingerprint density at radius 3 is 2.35 bits per heavy atom. The molecule has 102 valence electrons. The molecule has 0 amide bonds. The van der Waals surface area contributed by atoms with Gasteiger partial charge in [0.15, 0.2) is 0 Å². The van der Waals surface area contributed by atoms with Gasteiger partial charge in [0.25, 0.3) is 0 Å². The predicted molar refractivity (Wildman–Crippen MR) is 76.0 cm³/mol. The molecule has 0 spiro atoms. The Morgan fingerprint density at radius 1 is 1.18 bits per heavy atom. The Kier molecular flexibility index (Phi) is 5.46. The lowest BCUT2D eigenvalue weighted by Gasteiger charge is -2.30. The Bertz CT molecular complexity index is 217. The molecule has 1 aliphatic rings. The average molecular weight is 240 g/mol. The van der Waals surface area contributed by atoms with Gasteiger partial charge in [-0.1, -0.05) is 34.6 Å². The molecular weight excluding hydrogens is 208 g/mol. The minimum Gasteiger partial charge on any atom is -0.326 e. The van der Waals surface area contributed by atoms with Crippen LogP contribution in [0.2, 0.25) is 0 Å². The van der Waals surface area contributed by atoms with Gasteiger partial charge in [-0.25, -0.2) is 0 Å². The zero-order valence-corrected chi connectivity index (χ0v) is 12.5. The molecule has 2 heteroatoms. The molecule has 0 radical (unpaired) electrons. The van der Waals surface area contributed by atoms with Crippen molar-refractivity contribution in [1.29, 1.82) is 0 Å². The Balaban J connectivity index is 2.43. The van der Waals surface area contributed by atoms with Crippen LogP contribution < -0.4 is 5.73 Å². The molecule has 2 N–H and O–H groups in total. The molecule has 1 aliphatic heterocycles. The molecule has 2 atom stereocenters. The van der Waals surface area contributed by atoms with Crippen molar-refractivity contribution in [1.82, 2.24) is 4.90 Å². The lowest BCUT2D eigenvalue weighted by molar-refractivity contribution is 0.202. The SMILES string of the molecule is CC(C)[C@@H](N)CN1CCCC(C(C)(C)C)CC1. The highest BCUT2D eigenvalue weighted by Crippen LogP contribution is 2.34. The molecule has 17 heavy (non-hydrogen) atoms. The average Bonchev–Trinajstić information content (AvgIpc) is 2.42. The number of rotatable bonds is 3. The molecule has 1 rings (SSSR count). The minimum absolute atomic E-state index is 0.334. The first-order chi connectivity index (χ1) is 7.80. The summed E-state index contributed by atoms with van der Waals surface area (Å²) in [5.41, 5.74) is 6.65. The van der Waals surface area contributed by atoms with Crippen LogP contribution in [0.1, 0.15) is 53.9 Å². The second kappa shape index (κ2) is 6.19. The van der Waals surface area contributed by atoms with E-state index >= 15 is 0 Å². The fourth-order valence-electron chi connectivity index (χ4n) is 2.71. The van der Waals surface area contributed by atoms with Crippen molar-refractivity contribution >= 4 is 0 Å². The first kappa shape index (κ1) is 15.0. The Morgan fingerprint density at radius 2 is 1.82 bits per heavy atom. The van der Waals surface area contributed by atoms with Crippen molar-refractivity contribution in [3.63, 3.8) is 0 Å². The Labute approximate surface area is 108 Å². The van der Waals surface area contributed by atoms with Gasteiger partial charge in [-0.3, -0.25) is 0 Å². The summed E-state index contributed by atoms with van der Waals surface area (Å²) in [6.45, 7) is 15.2. The molecule has 0 aromatic carbocycles. The van der Waals surface area contributed by atoms with Crippen molar-refractivity contribution in [3.8, 4) is 0 Å². The zero-order valence-electron chi connectivity index (χ0n) is 12.5. The molecule has 1 fully saturated rings. The third kappa shape index (κ3) is 4.97. The van der Waals surface area contributed by atoms with E-state index in [2.05, 4.69) is 39.5 Å². The van der Waals surface area contributed by atoms with Gasteiger partial charge in [0.2, 0.25) is 0 Å². The summed E-state index contributed by atoms with van der Waals surface area (Å²) in [5, 5.41) is 0. The number of hydrogen-bond acceptors (Lipinski definition) is 2. The van der Waals surface area contributed by atoms with Gasteiger partial charge in [-0.05, 0) is 49.6 Å². The number of hydrogen-bond donors (Lipinski definition) is 1. The van der Waals surface area contributed by atoms with Gasteiger partial charge in [0.1, 0.15) is 0 Å². The maximum atomic E-state index is 6.18. The number of nitrogens with two attached hydrogens (primary N) is 1. The van der Waals surface area contributed by atoms with Crippen molar-refractivity contribution in [3.05, 3.63) is 0 Å². The third-order valence-corrected chi connectivity index (χ3v) is 4.37. The second-order valence-corrected chi connectivity index (χ2v) is 7.20. The summed E-state index contributed by atoms with van der Waals surface area (Å²) < 4.78 is 0. The fraction of sp³-hybridized carbons (Fsp3) is 1.00. The van der Waals surface area contributed by atoms with E-state index in [0.29, 0.717) is 17.4 Å². The van der Waals surface area contributed by atoms with Crippen LogP contribution >= 0.6 is 0 Å². The Hall–Kier alpha value is -0.0800. The molecule has 2 nitrogen and oxygen atoms in total. The number of likely N-dealkylation sites (tertiary alicyclic amines) is 1. The monoisotopic (exact) mass is 240 g/mol. The van der Waals surface area contributed by atoms with Gasteiger partial charge >= 0.3 is 0 Å². The van der Waals surface area contributed by atoms with Crippen LogP contribution in [0.3, 0.4) is 0 Å². The van der Waals surface area contributed by atoms with Gasteiger partial charge < -0.3 is 10.6 Å². The lowest BCUT2D eigenvalue weighted by atomic mass is 9.77. The van der Waals surface area contributed by atoms with Crippen LogP contribution in [-0.4, -0.2) is 30.6 Å². The van der Waals surface area contributed by atoms with Crippen LogP contribution in [0, 0.1) is 17.3 Å². The fourth-order valence-corrected chi connectivity index (χ4v) is 2.71. The largest absolute Gasteiger partial charge is 0.326 e. The van der Waals surface area contributed by atoms with Crippen LogP contribution in [0.15, 0.2) is 0 Å². The van der Waals surface area contributed by atoms with E-state index in [-0.39, 0.29) is 0 Å². The van der Waals surface area contributed by atoms with Crippen LogP contribution in [0.5, 0.6) is 0 Å². The molecule has 1 heterocycles. The topological polar surface area (TPSA) is 29.3 Å². The van der Waals surface area contributed by atoms with Crippen molar-refractivity contribution in [2.24, 2.45) is 23.0 Å². The van der Waals surface area contributed by atoms with Crippen molar-refractivity contribution < 1.29 is 0 Å².